The minimum absolute atomic E-state index is 0.196. The third kappa shape index (κ3) is 5.48. The van der Waals surface area contributed by atoms with Crippen molar-refractivity contribution in [1.29, 1.82) is 0 Å². The van der Waals surface area contributed by atoms with E-state index in [4.69, 9.17) is 0 Å². The average molecular weight is 395 g/mol. The summed E-state index contributed by atoms with van der Waals surface area (Å²) < 4.78 is 41.5. The summed E-state index contributed by atoms with van der Waals surface area (Å²) in [5.41, 5.74) is 1.84. The molecular formula is C19H24F3N5O. The van der Waals surface area contributed by atoms with Gasteiger partial charge in [-0.3, -0.25) is 0 Å². The number of likely N-dealkylation sites (N-methyl/N-ethyl adjacent to an activating group) is 1. The number of hydrogen-bond acceptors (Lipinski definition) is 6. The van der Waals surface area contributed by atoms with Crippen LogP contribution >= 0.6 is 0 Å². The largest absolute Gasteiger partial charge is 0.573 e. The zero-order valence-electron chi connectivity index (χ0n) is 16.2. The van der Waals surface area contributed by atoms with Crippen LogP contribution in [0, 0.1) is 6.92 Å². The summed E-state index contributed by atoms with van der Waals surface area (Å²) in [6.45, 7) is 4.66. The van der Waals surface area contributed by atoms with Crippen LogP contribution in [0.25, 0.3) is 0 Å². The Morgan fingerprint density at radius 3 is 2.68 bits per heavy atom. The van der Waals surface area contributed by atoms with Crippen LogP contribution in [0.1, 0.15) is 17.0 Å². The van der Waals surface area contributed by atoms with Gasteiger partial charge in [-0.15, -0.1) is 13.2 Å². The standard InChI is InChI=1S/C19H24F3N5O/c1-13-24-17(23-7-9-26(2)3)11-18(25-13)27-8-6-14-4-5-16(10-15(14)12-27)28-19(20,21)22/h4-5,10-11H,6-9,12H2,1-3H3,(H,23,24,25). The maximum absolute atomic E-state index is 12.5. The molecule has 0 unspecified atom stereocenters. The molecule has 0 spiro atoms. The molecule has 0 saturated carbocycles. The van der Waals surface area contributed by atoms with Gasteiger partial charge >= 0.3 is 6.36 Å². The molecule has 0 atom stereocenters. The molecule has 2 aromatic rings. The minimum Gasteiger partial charge on any atom is -0.406 e. The van der Waals surface area contributed by atoms with E-state index in [0.29, 0.717) is 12.4 Å². The van der Waals surface area contributed by atoms with Crippen molar-refractivity contribution in [2.75, 3.05) is 43.9 Å². The van der Waals surface area contributed by atoms with E-state index >= 15 is 0 Å². The number of nitrogens with zero attached hydrogens (tertiary/aromatic N) is 4. The van der Waals surface area contributed by atoms with Crippen LogP contribution in [-0.4, -0.2) is 55.0 Å². The number of benzene rings is 1. The number of rotatable bonds is 6. The predicted octanol–water partition coefficient (Wildman–Crippen LogP) is 3.22. The van der Waals surface area contributed by atoms with Crippen LogP contribution in [0.4, 0.5) is 24.8 Å². The van der Waals surface area contributed by atoms with Crippen LogP contribution in [-0.2, 0) is 13.0 Å². The Morgan fingerprint density at radius 2 is 1.96 bits per heavy atom. The van der Waals surface area contributed by atoms with Crippen LogP contribution in [0.5, 0.6) is 5.75 Å². The number of nitrogens with one attached hydrogen (secondary N) is 1. The van der Waals surface area contributed by atoms with Gasteiger partial charge in [0.2, 0.25) is 0 Å². The smallest absolute Gasteiger partial charge is 0.406 e. The Bertz CT molecular complexity index is 826. The first-order valence-corrected chi connectivity index (χ1v) is 9.06. The molecule has 2 heterocycles. The molecule has 1 aliphatic rings. The third-order valence-corrected chi connectivity index (χ3v) is 4.44. The van der Waals surface area contributed by atoms with Crippen molar-refractivity contribution in [3.05, 3.63) is 41.2 Å². The molecule has 6 nitrogen and oxygen atoms in total. The first-order chi connectivity index (χ1) is 13.2. The van der Waals surface area contributed by atoms with E-state index in [1.54, 1.807) is 6.07 Å². The molecule has 1 N–H and O–H groups in total. The molecule has 0 radical (unpaired) electrons. The minimum atomic E-state index is -4.69. The number of fused-ring (bicyclic) bond motifs is 1. The van der Waals surface area contributed by atoms with E-state index in [2.05, 4.69) is 24.9 Å². The van der Waals surface area contributed by atoms with E-state index in [0.717, 1.165) is 48.8 Å². The van der Waals surface area contributed by atoms with Gasteiger partial charge in [-0.25, -0.2) is 9.97 Å². The normalized spacial score (nSPS) is 14.2. The number of aryl methyl sites for hydroxylation is 1. The molecule has 0 fully saturated rings. The second kappa shape index (κ2) is 8.22. The third-order valence-electron chi connectivity index (χ3n) is 4.44. The van der Waals surface area contributed by atoms with Crippen LogP contribution in [0.15, 0.2) is 24.3 Å². The quantitative estimate of drug-likeness (QED) is 0.811. The van der Waals surface area contributed by atoms with Crippen molar-refractivity contribution in [3.63, 3.8) is 0 Å². The lowest BCUT2D eigenvalue weighted by Crippen LogP contribution is -2.31. The molecule has 3 rings (SSSR count). The van der Waals surface area contributed by atoms with Crippen LogP contribution < -0.4 is 15.0 Å². The van der Waals surface area contributed by atoms with Crippen LogP contribution in [0.3, 0.4) is 0 Å². The lowest BCUT2D eigenvalue weighted by molar-refractivity contribution is -0.274. The second-order valence-electron chi connectivity index (χ2n) is 7.04. The molecule has 0 amide bonds. The molecular weight excluding hydrogens is 371 g/mol. The zero-order chi connectivity index (χ0) is 20.3. The molecule has 152 valence electrons. The summed E-state index contributed by atoms with van der Waals surface area (Å²) in [6, 6.07) is 6.40. The van der Waals surface area contributed by atoms with Crippen molar-refractivity contribution < 1.29 is 17.9 Å². The fourth-order valence-electron chi connectivity index (χ4n) is 3.14. The van der Waals surface area contributed by atoms with Gasteiger partial charge in [-0.05, 0) is 50.7 Å². The monoisotopic (exact) mass is 395 g/mol. The van der Waals surface area contributed by atoms with Gasteiger partial charge in [-0.1, -0.05) is 6.07 Å². The Kier molecular flexibility index (Phi) is 5.93. The first kappa shape index (κ1) is 20.2. The summed E-state index contributed by atoms with van der Waals surface area (Å²) in [6.07, 6.45) is -3.96. The summed E-state index contributed by atoms with van der Waals surface area (Å²) in [5.74, 6) is 1.94. The van der Waals surface area contributed by atoms with Crippen molar-refractivity contribution in [2.24, 2.45) is 0 Å². The maximum atomic E-state index is 12.5. The summed E-state index contributed by atoms with van der Waals surface area (Å²) in [7, 11) is 4.00. The number of halogens is 3. The van der Waals surface area contributed by atoms with Gasteiger partial charge in [-0.2, -0.15) is 0 Å². The van der Waals surface area contributed by atoms with E-state index in [1.807, 2.05) is 32.0 Å². The number of aromatic nitrogens is 2. The van der Waals surface area contributed by atoms with Crippen LogP contribution in [0.2, 0.25) is 0 Å². The highest BCUT2D eigenvalue weighted by Crippen LogP contribution is 2.30. The van der Waals surface area contributed by atoms with Gasteiger partial charge in [0.25, 0.3) is 0 Å². The van der Waals surface area contributed by atoms with Crippen molar-refractivity contribution in [2.45, 2.75) is 26.3 Å². The Hall–Kier alpha value is -2.55. The van der Waals surface area contributed by atoms with Crippen molar-refractivity contribution in [3.8, 4) is 5.75 Å². The number of ether oxygens (including phenoxy) is 1. The molecule has 0 saturated heterocycles. The average Bonchev–Trinajstić information content (AvgIpc) is 2.59. The molecule has 1 aromatic heterocycles. The Balaban J connectivity index is 1.75. The zero-order valence-corrected chi connectivity index (χ0v) is 16.2. The van der Waals surface area contributed by atoms with E-state index in [-0.39, 0.29) is 5.75 Å². The highest BCUT2D eigenvalue weighted by Gasteiger charge is 2.31. The van der Waals surface area contributed by atoms with E-state index < -0.39 is 6.36 Å². The van der Waals surface area contributed by atoms with Gasteiger partial charge in [0.05, 0.1) is 0 Å². The summed E-state index contributed by atoms with van der Waals surface area (Å²) >= 11 is 0. The lowest BCUT2D eigenvalue weighted by Gasteiger charge is -2.30. The SMILES string of the molecule is Cc1nc(NCCN(C)C)cc(N2CCc3ccc(OC(F)(F)F)cc3C2)n1. The highest BCUT2D eigenvalue weighted by molar-refractivity contribution is 5.52. The lowest BCUT2D eigenvalue weighted by atomic mass is 9.99. The fourth-order valence-corrected chi connectivity index (χ4v) is 3.14. The molecule has 28 heavy (non-hydrogen) atoms. The first-order valence-electron chi connectivity index (χ1n) is 9.06. The van der Waals surface area contributed by atoms with E-state index in [1.165, 1.54) is 12.1 Å². The molecule has 1 aromatic carbocycles. The van der Waals surface area contributed by atoms with Gasteiger partial charge < -0.3 is 19.9 Å². The Labute approximate surface area is 162 Å². The molecule has 0 bridgehead atoms. The number of alkyl halides is 3. The molecule has 9 heteroatoms. The summed E-state index contributed by atoms with van der Waals surface area (Å²) in [5, 5.41) is 3.29. The van der Waals surface area contributed by atoms with Crippen molar-refractivity contribution in [1.82, 2.24) is 14.9 Å². The highest BCUT2D eigenvalue weighted by atomic mass is 19.4. The van der Waals surface area contributed by atoms with Gasteiger partial charge in [0.15, 0.2) is 0 Å². The second-order valence-corrected chi connectivity index (χ2v) is 7.04. The topological polar surface area (TPSA) is 53.5 Å². The fraction of sp³-hybridized carbons (Fsp3) is 0.474. The van der Waals surface area contributed by atoms with Gasteiger partial charge in [0, 0.05) is 32.2 Å². The molecule has 0 aliphatic carbocycles. The number of hydrogen-bond donors (Lipinski definition) is 1. The molecule has 1 aliphatic heterocycles. The number of anilines is 2. The summed E-state index contributed by atoms with van der Waals surface area (Å²) in [4.78, 5) is 13.0. The van der Waals surface area contributed by atoms with Crippen molar-refractivity contribution >= 4 is 11.6 Å². The predicted molar refractivity (Wildman–Crippen MR) is 102 cm³/mol. The Morgan fingerprint density at radius 1 is 1.18 bits per heavy atom. The van der Waals surface area contributed by atoms with E-state index in [9.17, 15) is 13.2 Å². The maximum Gasteiger partial charge on any atom is 0.573 e. The van der Waals surface area contributed by atoms with Gasteiger partial charge in [0.1, 0.15) is 23.2 Å².